The van der Waals surface area contributed by atoms with E-state index in [2.05, 4.69) is 37.2 Å². The second kappa shape index (κ2) is 60.6. The molecule has 147 heavy (non-hydrogen) atoms. The first-order valence-electron chi connectivity index (χ1n) is 46.9. The molecule has 0 unspecified atom stereocenters. The number of halogens is 7. The number of methoxy groups -OCH3 is 7. The van der Waals surface area contributed by atoms with E-state index in [0.29, 0.717) is 40.2 Å². The highest BCUT2D eigenvalue weighted by molar-refractivity contribution is 5.86. The molecule has 21 aliphatic rings. The van der Waals surface area contributed by atoms with Crippen LogP contribution in [0.3, 0.4) is 0 Å². The Kier molecular flexibility index (Phi) is 51.9. The predicted octanol–water partition coefficient (Wildman–Crippen LogP) is 0.365. The number of benzene rings is 7. The third-order valence-corrected chi connectivity index (χ3v) is 26.4. The third kappa shape index (κ3) is 32.0. The lowest BCUT2D eigenvalue weighted by atomic mass is 9.94. The molecule has 35 atom stereocenters. The summed E-state index contributed by atoms with van der Waals surface area (Å²) in [6, 6.07) is 49.6. The summed E-state index contributed by atoms with van der Waals surface area (Å²) in [5, 5.41) is 201. The molecular formula is C98H140Cl7N7O35. The Labute approximate surface area is 895 Å². The van der Waals surface area contributed by atoms with Gasteiger partial charge in [-0.15, -0.1) is 86.8 Å². The van der Waals surface area contributed by atoms with Gasteiger partial charge >= 0.3 is 0 Å². The average Bonchev–Trinajstić information content (AvgIpc) is 0.948. The van der Waals surface area contributed by atoms with E-state index in [0.717, 1.165) is 38.9 Å². The maximum atomic E-state index is 12.8. The quantitative estimate of drug-likeness (QED) is 0.0255. The highest BCUT2D eigenvalue weighted by Crippen LogP contribution is 2.41. The van der Waals surface area contributed by atoms with Crippen LogP contribution in [0, 0.1) is 0 Å². The van der Waals surface area contributed by atoms with Crippen molar-refractivity contribution in [1.29, 1.82) is 0 Å². The van der Waals surface area contributed by atoms with Gasteiger partial charge in [-0.2, -0.15) is 0 Å². The minimum atomic E-state index is -2.14. The first-order valence-corrected chi connectivity index (χ1v) is 46.9. The highest BCUT2D eigenvalue weighted by atomic mass is 35.5. The van der Waals surface area contributed by atoms with Crippen molar-refractivity contribution in [3.63, 3.8) is 0 Å². The lowest BCUT2D eigenvalue weighted by Crippen LogP contribution is -2.69. The summed E-state index contributed by atoms with van der Waals surface area (Å²) in [6.45, 7) is -0.727. The van der Waals surface area contributed by atoms with E-state index in [1.807, 2.05) is 0 Å². The maximum absolute atomic E-state index is 12.8. The molecule has 14 bridgehead atoms. The normalized spacial score (nSPS) is 33.8. The molecule has 0 aliphatic carbocycles. The van der Waals surface area contributed by atoms with Crippen molar-refractivity contribution >= 4 is 86.8 Å². The topological polar surface area (TPSA) is 561 Å². The van der Waals surface area contributed by atoms with E-state index in [1.54, 1.807) is 170 Å². The third-order valence-electron chi connectivity index (χ3n) is 26.4. The Morgan fingerprint density at radius 2 is 0.265 bits per heavy atom. The summed E-state index contributed by atoms with van der Waals surface area (Å²) in [6.07, 6.45) is -65.4. The van der Waals surface area contributed by atoms with Crippen LogP contribution >= 0.6 is 86.8 Å². The van der Waals surface area contributed by atoms with Crippen molar-refractivity contribution in [1.82, 2.24) is 37.2 Å². The fourth-order valence-electron chi connectivity index (χ4n) is 18.3. The van der Waals surface area contributed by atoms with Crippen LogP contribution in [0.15, 0.2) is 170 Å². The van der Waals surface area contributed by atoms with Crippen LogP contribution in [0.4, 0.5) is 0 Å². The van der Waals surface area contributed by atoms with Crippen LogP contribution in [0.5, 0.6) is 40.2 Å². The van der Waals surface area contributed by atoms with Gasteiger partial charge in [-0.25, -0.2) is 0 Å². The first-order chi connectivity index (χ1) is 67.8. The zero-order valence-electron chi connectivity index (χ0n) is 81.5. The second-order valence-corrected chi connectivity index (χ2v) is 35.7. The standard InChI is InChI=1S/C98H133N7O35.7ClH/c1-120-57-22-8-50(9-23-57)36-99-43-64-85-71(106)78(113)92(127-64)135-86-65(44-100-37-51-10-24-58(121-2)25-11-51)129-94(80(115)73(86)108)137-88-67(46-102-39-53-14-28-60(123-4)29-15-53)131-96(82(117)75(88)110)139-90-69(48-104-41-55-18-32-62(125-6)33-19-55)133-98(84(119)77(90)112)140-91-70(49-105-42-56-20-34-63(126-7)35-21-56)132-97(83(118)76(91)111)138-89-68(47-103-40-54-16-30-61(124-5)31-17-54)130-95(81(116)74(89)109)136-87-66(128-93(134-85)79(114)72(87)107)45-101-38-52-12-26-59(122-3)27-13-52;;;;;;;/h8-35,64-119H,36-49H2,1-7H3;7*1H/t64-,65-,66-,67-,68-,69-,70-,71-,72-,73-,74-,75-,76-,77-,78-,79-,80-,81-,82-,83-,84-,85-,86-,87-,88-,89-,90-,91-,92-,93-,94-,95-,96-,97-,98-;;;;;;;/m1......./s1. The van der Waals surface area contributed by atoms with Gasteiger partial charge in [-0.05, 0) is 124 Å². The lowest BCUT2D eigenvalue weighted by Gasteiger charge is -2.50. The molecule has 7 aromatic rings. The fraction of sp³-hybridized carbons (Fsp3) is 0.571. The highest BCUT2D eigenvalue weighted by Gasteiger charge is 2.60. The molecule has 0 amide bonds. The molecule has 0 saturated carbocycles. The fourth-order valence-corrected chi connectivity index (χ4v) is 18.3. The molecule has 21 aliphatic heterocycles. The molecule has 21 fully saturated rings. The van der Waals surface area contributed by atoms with Crippen LogP contribution in [0.25, 0.3) is 0 Å². The van der Waals surface area contributed by atoms with Crippen molar-refractivity contribution in [2.24, 2.45) is 0 Å². The molecule has 49 heteroatoms. The summed E-state index contributed by atoms with van der Waals surface area (Å²) < 4.78 is 131. The molecule has 28 rings (SSSR count). The SMILES string of the molecule is COc1ccc(CNC[C@H]2O[C@@H]3O[C@H]4[C@H](O)[C@@H](O)[C@@H](O[C@H]5[C@H](O)[C@@H](O)[C@@H](O[C@H]6[C@H](O)[C@@H](O)[C@@H](O[C@H]7[C@H](O)[C@@H](O)[C@@H](O[C@H]8[C@H](O)[C@@H](O)[C@@H](O[C@H]9[C@H](O)[C@@H](O)[C@@H](O[C@H]2[C@H](O)[C@H]3O)O[C@@H]9CNCc2ccc(OC)cc2)O[C@@H]8CNCc2ccc(OC)cc2)O[C@@H]7CNCc2ccc(OC)cc2)O[C@@H]6CNCc2ccc(OC)cc2)O[C@@H]5CNCc2ccc(OC)cc2)O[C@@H]4CNCc2ccc(OC)cc2)cc1.Cl.Cl.Cl.Cl.Cl.Cl.Cl. The summed E-state index contributed by atoms with van der Waals surface area (Å²) in [7, 11) is 10.7. The number of hydrogen-bond donors (Lipinski definition) is 21. The van der Waals surface area contributed by atoms with Crippen LogP contribution in [-0.2, 0) is 112 Å². The van der Waals surface area contributed by atoms with Crippen molar-refractivity contribution in [2.45, 2.75) is 261 Å². The second-order valence-electron chi connectivity index (χ2n) is 35.7. The molecule has 42 nitrogen and oxygen atoms in total. The minimum Gasteiger partial charge on any atom is -0.497 e. The number of ether oxygens (including phenoxy) is 21. The van der Waals surface area contributed by atoms with E-state index < -0.39 is 215 Å². The smallest absolute Gasteiger partial charge is 0.187 e. The van der Waals surface area contributed by atoms with Crippen LogP contribution in [-0.4, -0.2) is 382 Å². The monoisotopic (exact) mass is 2220 g/mol. The molecule has 7 aromatic carbocycles. The van der Waals surface area contributed by atoms with Gasteiger partial charge in [-0.1, -0.05) is 84.9 Å². The summed E-state index contributed by atoms with van der Waals surface area (Å²) in [4.78, 5) is 0. The van der Waals surface area contributed by atoms with Crippen molar-refractivity contribution in [2.75, 3.05) is 95.6 Å². The minimum absolute atomic E-state index is 0. The van der Waals surface area contributed by atoms with E-state index in [-0.39, 0.29) is 178 Å². The number of hydrogen-bond acceptors (Lipinski definition) is 42. The van der Waals surface area contributed by atoms with Gasteiger partial charge in [0.1, 0.15) is 211 Å². The van der Waals surface area contributed by atoms with Crippen LogP contribution in [0.1, 0.15) is 38.9 Å². The molecule has 0 spiro atoms. The summed E-state index contributed by atoms with van der Waals surface area (Å²) >= 11 is 0. The van der Waals surface area contributed by atoms with E-state index in [1.165, 1.54) is 49.8 Å². The molecule has 826 valence electrons. The summed E-state index contributed by atoms with van der Waals surface area (Å²) in [5.41, 5.74) is 5.24. The molecule has 21 N–H and O–H groups in total. The molecule has 21 heterocycles. The van der Waals surface area contributed by atoms with E-state index >= 15 is 0 Å². The van der Waals surface area contributed by atoms with Gasteiger partial charge in [0, 0.05) is 91.6 Å². The van der Waals surface area contributed by atoms with Crippen molar-refractivity contribution in [3.05, 3.63) is 209 Å². The Bertz CT molecular complexity index is 4040. The van der Waals surface area contributed by atoms with Gasteiger partial charge in [-0.3, -0.25) is 0 Å². The van der Waals surface area contributed by atoms with Gasteiger partial charge in [0.05, 0.1) is 49.8 Å². The Hall–Kier alpha value is -6.23. The number of nitrogens with one attached hydrogen (secondary N) is 7. The van der Waals surface area contributed by atoms with E-state index in [9.17, 15) is 71.5 Å². The van der Waals surface area contributed by atoms with Crippen LogP contribution in [0.2, 0.25) is 0 Å². The van der Waals surface area contributed by atoms with Gasteiger partial charge in [0.25, 0.3) is 0 Å². The Balaban J connectivity index is 0.00000376. The van der Waals surface area contributed by atoms with Crippen molar-refractivity contribution in [3.8, 4) is 40.2 Å². The number of aliphatic hydroxyl groups excluding tert-OH is 14. The predicted molar refractivity (Wildman–Crippen MR) is 542 cm³/mol. The largest absolute Gasteiger partial charge is 0.497 e. The van der Waals surface area contributed by atoms with Gasteiger partial charge < -0.3 is 208 Å². The Morgan fingerprint density at radius 3 is 0.361 bits per heavy atom. The molecule has 0 radical (unpaired) electrons. The van der Waals surface area contributed by atoms with Gasteiger partial charge in [0.2, 0.25) is 0 Å². The molecule has 21 saturated heterocycles. The molecule has 0 aromatic heterocycles. The Morgan fingerprint density at radius 1 is 0.163 bits per heavy atom. The number of aliphatic hydroxyl groups is 14. The van der Waals surface area contributed by atoms with Crippen molar-refractivity contribution < 1.29 is 171 Å². The van der Waals surface area contributed by atoms with Crippen LogP contribution < -0.4 is 70.4 Å². The van der Waals surface area contributed by atoms with Gasteiger partial charge in [0.15, 0.2) is 44.0 Å². The zero-order chi connectivity index (χ0) is 98.8. The summed E-state index contributed by atoms with van der Waals surface area (Å²) in [5.74, 6) is 4.00. The maximum Gasteiger partial charge on any atom is 0.187 e. The zero-order valence-corrected chi connectivity index (χ0v) is 87.2. The molecular weight excluding hydrogens is 2080 g/mol. The van der Waals surface area contributed by atoms with E-state index in [4.69, 9.17) is 99.5 Å². The first kappa shape index (κ1) is 126. The average molecular weight is 2220 g/mol. The number of rotatable bonds is 35. The lowest BCUT2D eigenvalue weighted by molar-refractivity contribution is -0.392.